The molecule has 30 heavy (non-hydrogen) atoms. The van der Waals surface area contributed by atoms with Gasteiger partial charge in [-0.1, -0.05) is 6.07 Å². The molecule has 0 radical (unpaired) electrons. The van der Waals surface area contributed by atoms with Crippen molar-refractivity contribution in [2.24, 2.45) is 5.92 Å². The number of hydrogen-bond acceptors (Lipinski definition) is 3. The van der Waals surface area contributed by atoms with E-state index in [0.717, 1.165) is 40.5 Å². The van der Waals surface area contributed by atoms with Crippen molar-refractivity contribution in [2.75, 3.05) is 20.1 Å². The second-order valence-corrected chi connectivity index (χ2v) is 9.02. The average molecular weight is 402 g/mol. The fourth-order valence-electron chi connectivity index (χ4n) is 4.74. The Balaban J connectivity index is 1.32. The highest BCUT2D eigenvalue weighted by Crippen LogP contribution is 2.27. The number of aromatic amines is 1. The number of piperidine rings is 1. The first-order valence-corrected chi connectivity index (χ1v) is 11.2. The highest BCUT2D eigenvalue weighted by Gasteiger charge is 2.16. The van der Waals surface area contributed by atoms with Gasteiger partial charge < -0.3 is 14.5 Å². The Morgan fingerprint density at radius 2 is 1.97 bits per heavy atom. The average Bonchev–Trinajstić information content (AvgIpc) is 3.37. The standard InChI is InChI=1S/C25H31N5/c1-17-6-7-22-23(18(17)2)28-24(27-22)21-15-20-10-14-30(25(20)26-16-21)11-4-5-19-8-12-29(3)13-9-19/h6-7,10,14-16,19H,4-5,8-9,11-13H2,1-3H3,(H,27,28). The third-order valence-electron chi connectivity index (χ3n) is 6.90. The summed E-state index contributed by atoms with van der Waals surface area (Å²) >= 11 is 0. The Bertz CT molecular complexity index is 1180. The summed E-state index contributed by atoms with van der Waals surface area (Å²) in [5, 5.41) is 1.18. The monoisotopic (exact) mass is 401 g/mol. The molecule has 1 aliphatic heterocycles. The van der Waals surface area contributed by atoms with E-state index in [9.17, 15) is 0 Å². The molecule has 0 aliphatic carbocycles. The molecule has 1 saturated heterocycles. The van der Waals surface area contributed by atoms with Gasteiger partial charge in [0.2, 0.25) is 0 Å². The third-order valence-corrected chi connectivity index (χ3v) is 6.90. The van der Waals surface area contributed by atoms with E-state index in [2.05, 4.69) is 65.8 Å². The number of aryl methyl sites for hydroxylation is 3. The van der Waals surface area contributed by atoms with Crippen molar-refractivity contribution in [3.05, 3.63) is 47.8 Å². The summed E-state index contributed by atoms with van der Waals surface area (Å²) in [6.45, 7) is 7.82. The predicted molar refractivity (Wildman–Crippen MR) is 124 cm³/mol. The molecule has 0 amide bonds. The molecule has 1 aromatic carbocycles. The molecule has 5 heteroatoms. The quantitative estimate of drug-likeness (QED) is 0.492. The van der Waals surface area contributed by atoms with Gasteiger partial charge in [-0.3, -0.25) is 0 Å². The van der Waals surface area contributed by atoms with Crippen LogP contribution < -0.4 is 0 Å². The third kappa shape index (κ3) is 3.63. The molecule has 0 unspecified atom stereocenters. The van der Waals surface area contributed by atoms with Crippen molar-refractivity contribution in [2.45, 2.75) is 46.1 Å². The minimum absolute atomic E-state index is 0.891. The Morgan fingerprint density at radius 3 is 2.80 bits per heavy atom. The molecular weight excluding hydrogens is 370 g/mol. The van der Waals surface area contributed by atoms with Gasteiger partial charge in [0, 0.05) is 29.9 Å². The van der Waals surface area contributed by atoms with Gasteiger partial charge in [-0.05, 0) is 94.9 Å². The lowest BCUT2D eigenvalue weighted by Gasteiger charge is -2.28. The van der Waals surface area contributed by atoms with Crippen molar-refractivity contribution in [3.8, 4) is 11.4 Å². The van der Waals surface area contributed by atoms with Crippen LogP contribution in [0.1, 0.15) is 36.8 Å². The zero-order chi connectivity index (χ0) is 20.7. The van der Waals surface area contributed by atoms with Gasteiger partial charge in [0.1, 0.15) is 11.5 Å². The van der Waals surface area contributed by atoms with Crippen LogP contribution in [0.2, 0.25) is 0 Å². The van der Waals surface area contributed by atoms with Gasteiger partial charge in [-0.2, -0.15) is 0 Å². The summed E-state index contributed by atoms with van der Waals surface area (Å²) in [5.74, 6) is 1.78. The molecule has 1 fully saturated rings. The SMILES string of the molecule is Cc1ccc2[nH]c(-c3cnc4c(ccn4CCCC4CCN(C)CC4)c3)nc2c1C. The van der Waals surface area contributed by atoms with E-state index in [-0.39, 0.29) is 0 Å². The minimum Gasteiger partial charge on any atom is -0.338 e. The first-order chi connectivity index (χ1) is 14.6. The number of nitrogens with one attached hydrogen (secondary N) is 1. The number of fused-ring (bicyclic) bond motifs is 2. The number of imidazole rings is 1. The van der Waals surface area contributed by atoms with Crippen LogP contribution >= 0.6 is 0 Å². The van der Waals surface area contributed by atoms with E-state index in [1.807, 2.05) is 6.20 Å². The Labute approximate surface area is 178 Å². The van der Waals surface area contributed by atoms with Crippen LogP contribution in [0.15, 0.2) is 36.7 Å². The molecule has 0 atom stereocenters. The maximum absolute atomic E-state index is 4.86. The summed E-state index contributed by atoms with van der Waals surface area (Å²) in [7, 11) is 2.23. The van der Waals surface area contributed by atoms with Crippen molar-refractivity contribution in [1.29, 1.82) is 0 Å². The first kappa shape index (κ1) is 19.3. The fourth-order valence-corrected chi connectivity index (χ4v) is 4.74. The summed E-state index contributed by atoms with van der Waals surface area (Å²) in [5.41, 5.74) is 6.76. The van der Waals surface area contributed by atoms with Crippen molar-refractivity contribution < 1.29 is 0 Å². The van der Waals surface area contributed by atoms with E-state index in [1.54, 1.807) is 0 Å². The molecule has 4 heterocycles. The molecular formula is C25H31N5. The molecule has 0 bridgehead atoms. The number of likely N-dealkylation sites (tertiary alicyclic amines) is 1. The number of hydrogen-bond donors (Lipinski definition) is 1. The molecule has 156 valence electrons. The van der Waals surface area contributed by atoms with E-state index in [4.69, 9.17) is 9.97 Å². The number of benzene rings is 1. The molecule has 5 rings (SSSR count). The number of aromatic nitrogens is 4. The maximum atomic E-state index is 4.86. The van der Waals surface area contributed by atoms with Crippen LogP contribution in [0.25, 0.3) is 33.5 Å². The second kappa shape index (κ2) is 7.88. The molecule has 0 spiro atoms. The minimum atomic E-state index is 0.891. The summed E-state index contributed by atoms with van der Waals surface area (Å²) in [4.78, 5) is 15.6. The van der Waals surface area contributed by atoms with Crippen LogP contribution in [0.3, 0.4) is 0 Å². The second-order valence-electron chi connectivity index (χ2n) is 9.02. The lowest BCUT2D eigenvalue weighted by Crippen LogP contribution is -2.30. The Hall–Kier alpha value is -2.66. The van der Waals surface area contributed by atoms with Crippen LogP contribution in [0.4, 0.5) is 0 Å². The van der Waals surface area contributed by atoms with Gasteiger partial charge in [-0.15, -0.1) is 0 Å². The van der Waals surface area contributed by atoms with Gasteiger partial charge >= 0.3 is 0 Å². The number of nitrogens with zero attached hydrogens (tertiary/aromatic N) is 4. The first-order valence-electron chi connectivity index (χ1n) is 11.2. The molecule has 0 saturated carbocycles. The largest absolute Gasteiger partial charge is 0.338 e. The maximum Gasteiger partial charge on any atom is 0.140 e. The summed E-state index contributed by atoms with van der Waals surface area (Å²) in [6, 6.07) is 8.64. The highest BCUT2D eigenvalue weighted by atomic mass is 15.1. The van der Waals surface area contributed by atoms with E-state index in [1.165, 1.54) is 55.3 Å². The van der Waals surface area contributed by atoms with Crippen molar-refractivity contribution in [3.63, 3.8) is 0 Å². The van der Waals surface area contributed by atoms with E-state index < -0.39 is 0 Å². The molecule has 3 aromatic heterocycles. The highest BCUT2D eigenvalue weighted by molar-refractivity contribution is 5.85. The number of rotatable bonds is 5. The topological polar surface area (TPSA) is 49.7 Å². The van der Waals surface area contributed by atoms with Gasteiger partial charge in [-0.25, -0.2) is 9.97 Å². The van der Waals surface area contributed by atoms with E-state index >= 15 is 0 Å². The Kier molecular flexibility index (Phi) is 5.07. The van der Waals surface area contributed by atoms with Crippen molar-refractivity contribution >= 4 is 22.1 Å². The normalized spacial score (nSPS) is 16.1. The predicted octanol–water partition coefficient (Wildman–Crippen LogP) is 5.32. The number of H-pyrrole nitrogens is 1. The summed E-state index contributed by atoms with van der Waals surface area (Å²) in [6.07, 6.45) is 9.38. The molecule has 1 N–H and O–H groups in total. The van der Waals surface area contributed by atoms with Crippen LogP contribution in [-0.4, -0.2) is 44.6 Å². The molecule has 1 aliphatic rings. The lowest BCUT2D eigenvalue weighted by atomic mass is 9.92. The fraction of sp³-hybridized carbons (Fsp3) is 0.440. The van der Waals surface area contributed by atoms with Gasteiger partial charge in [0.15, 0.2) is 0 Å². The zero-order valence-corrected chi connectivity index (χ0v) is 18.3. The Morgan fingerprint density at radius 1 is 1.13 bits per heavy atom. The van der Waals surface area contributed by atoms with Crippen LogP contribution in [0, 0.1) is 19.8 Å². The van der Waals surface area contributed by atoms with Gasteiger partial charge in [0.05, 0.1) is 11.0 Å². The summed E-state index contributed by atoms with van der Waals surface area (Å²) < 4.78 is 2.31. The molecule has 4 aromatic rings. The van der Waals surface area contributed by atoms with Crippen LogP contribution in [-0.2, 0) is 6.54 Å². The van der Waals surface area contributed by atoms with Crippen molar-refractivity contribution in [1.82, 2.24) is 24.4 Å². The lowest BCUT2D eigenvalue weighted by molar-refractivity contribution is 0.209. The van der Waals surface area contributed by atoms with Crippen LogP contribution in [0.5, 0.6) is 0 Å². The zero-order valence-electron chi connectivity index (χ0n) is 18.3. The van der Waals surface area contributed by atoms with E-state index in [0.29, 0.717) is 0 Å². The molecule has 5 nitrogen and oxygen atoms in total. The van der Waals surface area contributed by atoms with Gasteiger partial charge in [0.25, 0.3) is 0 Å². The number of pyridine rings is 1. The smallest absolute Gasteiger partial charge is 0.140 e.